The number of hydrogen-bond donors (Lipinski definition) is 0. The van der Waals surface area contributed by atoms with E-state index < -0.39 is 0 Å². The molecule has 24 heavy (non-hydrogen) atoms. The highest BCUT2D eigenvalue weighted by Gasteiger charge is 1.97. The molecule has 0 spiro atoms. The summed E-state index contributed by atoms with van der Waals surface area (Å²) in [6.07, 6.45) is 4.27. The van der Waals surface area contributed by atoms with E-state index in [0.717, 1.165) is 11.8 Å². The van der Waals surface area contributed by atoms with Gasteiger partial charge in [-0.15, -0.1) is 11.3 Å². The molecule has 0 aliphatic rings. The van der Waals surface area contributed by atoms with Gasteiger partial charge in [0.05, 0.1) is 0 Å². The van der Waals surface area contributed by atoms with Crippen LogP contribution in [0.15, 0.2) is 29.8 Å². The molecule has 2 aromatic heterocycles. The molecule has 2 heterocycles. The number of hydrogen-bond acceptors (Lipinski definition) is 3. The predicted molar refractivity (Wildman–Crippen MR) is 120 cm³/mol. The van der Waals surface area contributed by atoms with E-state index in [4.69, 9.17) is 0 Å². The monoisotopic (exact) mass is 373 g/mol. The lowest BCUT2D eigenvalue weighted by Crippen LogP contribution is -1.89. The molecule has 0 radical (unpaired) electrons. The van der Waals surface area contributed by atoms with Gasteiger partial charge in [-0.05, 0) is 53.7 Å². The Labute approximate surface area is 161 Å². The van der Waals surface area contributed by atoms with Crippen LogP contribution >= 0.6 is 22.9 Å². The number of aromatic nitrogens is 1. The molecule has 0 saturated carbocycles. The Kier molecular flexibility index (Phi) is 29.0. The fourth-order valence-electron chi connectivity index (χ4n) is 1.58. The minimum absolute atomic E-state index is 0. The van der Waals surface area contributed by atoms with Crippen molar-refractivity contribution in [1.82, 2.24) is 4.37 Å². The molecule has 144 valence electrons. The van der Waals surface area contributed by atoms with Gasteiger partial charge in [0.1, 0.15) is 0 Å². The Bertz CT molecular complexity index is 349. The van der Waals surface area contributed by atoms with Gasteiger partial charge >= 0.3 is 0 Å². The predicted octanol–water partition coefficient (Wildman–Crippen LogP) is 8.61. The standard InChI is InChI=1S/C8H12S.C7H11NS.2C2H6.2CH4/c1-7(2)6-8-4-3-5-9-8;1-6(2)5-7-3-4-8-9-7;2*1-2;;/h3-5,7H,6H2,1-2H3;3-4,6H,5H2,1-2H3;2*1-2H3;2*1H4. The molecule has 0 fully saturated rings. The van der Waals surface area contributed by atoms with Crippen molar-refractivity contribution in [3.05, 3.63) is 39.5 Å². The second-order valence-corrected chi connectivity index (χ2v) is 7.20. The van der Waals surface area contributed by atoms with Gasteiger partial charge in [0.15, 0.2) is 0 Å². The third-order valence-corrected chi connectivity index (χ3v) is 3.95. The molecule has 3 heteroatoms. The molecule has 0 bridgehead atoms. The van der Waals surface area contributed by atoms with Crippen molar-refractivity contribution in [3.63, 3.8) is 0 Å². The summed E-state index contributed by atoms with van der Waals surface area (Å²) in [6.45, 7) is 16.9. The summed E-state index contributed by atoms with van der Waals surface area (Å²) in [5, 5.41) is 2.14. The largest absolute Gasteiger partial charge is 0.201 e. The second-order valence-electron chi connectivity index (χ2n) is 5.25. The van der Waals surface area contributed by atoms with Crippen LogP contribution in [0, 0.1) is 11.8 Å². The zero-order valence-corrected chi connectivity index (χ0v) is 17.4. The van der Waals surface area contributed by atoms with Crippen molar-refractivity contribution >= 4 is 22.9 Å². The SMILES string of the molecule is C.C.CC.CC.CC(C)Cc1cccs1.CC(C)Cc1ccns1. The zero-order valence-electron chi connectivity index (χ0n) is 15.7. The molecule has 0 aliphatic heterocycles. The fraction of sp³-hybridized carbons (Fsp3) is 0.667. The minimum Gasteiger partial charge on any atom is -0.201 e. The van der Waals surface area contributed by atoms with Crippen molar-refractivity contribution in [2.24, 2.45) is 11.8 Å². The van der Waals surface area contributed by atoms with Gasteiger partial charge in [-0.3, -0.25) is 0 Å². The van der Waals surface area contributed by atoms with Gasteiger partial charge in [-0.25, -0.2) is 4.37 Å². The van der Waals surface area contributed by atoms with Crippen molar-refractivity contribution < 1.29 is 0 Å². The van der Waals surface area contributed by atoms with Crippen molar-refractivity contribution in [2.45, 2.75) is 83.1 Å². The van der Waals surface area contributed by atoms with Gasteiger partial charge in [-0.1, -0.05) is 76.3 Å². The maximum Gasteiger partial charge on any atom is 0.0409 e. The van der Waals surface area contributed by atoms with Crippen LogP contribution in [-0.2, 0) is 12.8 Å². The summed E-state index contributed by atoms with van der Waals surface area (Å²) in [6, 6.07) is 6.40. The third-order valence-electron chi connectivity index (χ3n) is 2.29. The summed E-state index contributed by atoms with van der Waals surface area (Å²) >= 11 is 3.45. The van der Waals surface area contributed by atoms with Gasteiger partial charge in [-0.2, -0.15) is 0 Å². The van der Waals surface area contributed by atoms with E-state index in [1.807, 2.05) is 45.2 Å². The molecule has 0 unspecified atom stereocenters. The van der Waals surface area contributed by atoms with Crippen LogP contribution in [-0.4, -0.2) is 4.37 Å². The lowest BCUT2D eigenvalue weighted by atomic mass is 10.1. The lowest BCUT2D eigenvalue weighted by molar-refractivity contribution is 0.654. The van der Waals surface area contributed by atoms with Crippen molar-refractivity contribution in [3.8, 4) is 0 Å². The first-order valence-electron chi connectivity index (χ1n) is 8.50. The Balaban J connectivity index is -0.000000129. The minimum atomic E-state index is 0. The van der Waals surface area contributed by atoms with Crippen molar-refractivity contribution in [1.29, 1.82) is 0 Å². The average molecular weight is 374 g/mol. The highest BCUT2D eigenvalue weighted by Crippen LogP contribution is 2.13. The summed E-state index contributed by atoms with van der Waals surface area (Å²) in [5.41, 5.74) is 0. The Hall–Kier alpha value is -0.670. The van der Waals surface area contributed by atoms with Crippen LogP contribution < -0.4 is 0 Å². The van der Waals surface area contributed by atoms with Crippen LogP contribution in [0.25, 0.3) is 0 Å². The highest BCUT2D eigenvalue weighted by molar-refractivity contribution is 7.09. The van der Waals surface area contributed by atoms with Crippen LogP contribution in [0.4, 0.5) is 0 Å². The molecule has 2 rings (SSSR count). The van der Waals surface area contributed by atoms with Crippen molar-refractivity contribution in [2.75, 3.05) is 0 Å². The van der Waals surface area contributed by atoms with Crippen LogP contribution in [0.1, 0.15) is 80.0 Å². The molecular formula is C21H43NS2. The zero-order chi connectivity index (χ0) is 17.4. The summed E-state index contributed by atoms with van der Waals surface area (Å²) < 4.78 is 4.02. The first-order chi connectivity index (χ1) is 10.6. The molecule has 0 saturated heterocycles. The Morgan fingerprint density at radius 1 is 0.833 bits per heavy atom. The Morgan fingerprint density at radius 2 is 1.33 bits per heavy atom. The van der Waals surface area contributed by atoms with Gasteiger partial charge < -0.3 is 0 Å². The lowest BCUT2D eigenvalue weighted by Gasteiger charge is -1.98. The normalized spacial score (nSPS) is 8.42. The fourth-order valence-corrected chi connectivity index (χ4v) is 3.29. The van der Waals surface area contributed by atoms with E-state index in [2.05, 4.69) is 55.6 Å². The molecule has 0 aliphatic carbocycles. The summed E-state index contributed by atoms with van der Waals surface area (Å²) in [5.74, 6) is 1.55. The highest BCUT2D eigenvalue weighted by atomic mass is 32.1. The smallest absolute Gasteiger partial charge is 0.0409 e. The first-order valence-corrected chi connectivity index (χ1v) is 10.1. The van der Waals surface area contributed by atoms with E-state index in [9.17, 15) is 0 Å². The maximum atomic E-state index is 4.02. The molecule has 0 atom stereocenters. The first kappa shape index (κ1) is 31.1. The number of thiophene rings is 1. The topological polar surface area (TPSA) is 12.9 Å². The van der Waals surface area contributed by atoms with Crippen LogP contribution in [0.3, 0.4) is 0 Å². The molecule has 1 nitrogen and oxygen atoms in total. The summed E-state index contributed by atoms with van der Waals surface area (Å²) in [7, 11) is 0. The molecule has 0 aromatic carbocycles. The van der Waals surface area contributed by atoms with E-state index in [-0.39, 0.29) is 14.9 Å². The quantitative estimate of drug-likeness (QED) is 0.522. The van der Waals surface area contributed by atoms with Gasteiger partial charge in [0, 0.05) is 16.0 Å². The second kappa shape index (κ2) is 22.3. The molecule has 0 amide bonds. The van der Waals surface area contributed by atoms with Gasteiger partial charge in [0.2, 0.25) is 0 Å². The average Bonchev–Trinajstić information content (AvgIpc) is 3.17. The number of rotatable bonds is 4. The van der Waals surface area contributed by atoms with Crippen LogP contribution in [0.5, 0.6) is 0 Å². The molecule has 0 N–H and O–H groups in total. The Morgan fingerprint density at radius 3 is 1.67 bits per heavy atom. The van der Waals surface area contributed by atoms with E-state index in [0.29, 0.717) is 0 Å². The number of nitrogens with zero attached hydrogens (tertiary/aromatic N) is 1. The van der Waals surface area contributed by atoms with E-state index in [1.165, 1.54) is 22.6 Å². The maximum absolute atomic E-state index is 4.02. The molecular weight excluding hydrogens is 330 g/mol. The van der Waals surface area contributed by atoms with Gasteiger partial charge in [0.25, 0.3) is 0 Å². The van der Waals surface area contributed by atoms with E-state index >= 15 is 0 Å². The third kappa shape index (κ3) is 19.4. The summed E-state index contributed by atoms with van der Waals surface area (Å²) in [4.78, 5) is 2.90. The molecule has 2 aromatic rings. The van der Waals surface area contributed by atoms with E-state index in [1.54, 1.807) is 11.5 Å². The van der Waals surface area contributed by atoms with Crippen LogP contribution in [0.2, 0.25) is 0 Å².